The van der Waals surface area contributed by atoms with Crippen molar-refractivity contribution in [3.05, 3.63) is 35.9 Å². The maximum atomic E-state index is 11.9. The summed E-state index contributed by atoms with van der Waals surface area (Å²) in [5.41, 5.74) is 0.771. The largest absolute Gasteiger partial charge is 0.410 e. The van der Waals surface area contributed by atoms with Gasteiger partial charge < -0.3 is 9.53 Å². The van der Waals surface area contributed by atoms with Gasteiger partial charge >= 0.3 is 0 Å². The van der Waals surface area contributed by atoms with Gasteiger partial charge in [0.15, 0.2) is 14.1 Å². The fourth-order valence-corrected chi connectivity index (χ4v) is 2.50. The number of aliphatic hydroxyl groups is 1. The second-order valence-corrected chi connectivity index (χ2v) is 11.5. The molecular weight excluding hydrogens is 268 g/mol. The van der Waals surface area contributed by atoms with Gasteiger partial charge in [-0.1, -0.05) is 51.1 Å². The van der Waals surface area contributed by atoms with E-state index in [1.165, 1.54) is 0 Å². The van der Waals surface area contributed by atoms with E-state index in [0.29, 0.717) is 0 Å². The van der Waals surface area contributed by atoms with E-state index in [1.54, 1.807) is 0 Å². The number of benzene rings is 1. The van der Waals surface area contributed by atoms with Gasteiger partial charge in [-0.25, -0.2) is 0 Å². The molecule has 0 saturated heterocycles. The van der Waals surface area contributed by atoms with Gasteiger partial charge in [0.2, 0.25) is 0 Å². The predicted molar refractivity (Wildman–Crippen MR) is 84.2 cm³/mol. The third-order valence-electron chi connectivity index (χ3n) is 4.01. The molecule has 1 N–H and O–H groups in total. The van der Waals surface area contributed by atoms with Crippen molar-refractivity contribution in [2.24, 2.45) is 0 Å². The van der Waals surface area contributed by atoms with Crippen molar-refractivity contribution in [2.45, 2.75) is 51.4 Å². The molecule has 112 valence electrons. The Morgan fingerprint density at radius 3 is 2.30 bits per heavy atom. The maximum absolute atomic E-state index is 11.9. The molecule has 0 aliphatic carbocycles. The van der Waals surface area contributed by atoms with Crippen LogP contribution in [0.25, 0.3) is 0 Å². The molecule has 0 unspecified atom stereocenters. The van der Waals surface area contributed by atoms with Gasteiger partial charge in [0, 0.05) is 6.42 Å². The summed E-state index contributed by atoms with van der Waals surface area (Å²) >= 11 is 0. The first kappa shape index (κ1) is 17.1. The molecule has 0 aliphatic heterocycles. The number of Topliss-reactive ketones (excluding diaryl/α,β-unsaturated/α-hetero) is 1. The number of hydrogen-bond acceptors (Lipinski definition) is 3. The molecule has 0 heterocycles. The van der Waals surface area contributed by atoms with Crippen LogP contribution >= 0.6 is 0 Å². The highest BCUT2D eigenvalue weighted by atomic mass is 28.4. The van der Waals surface area contributed by atoms with E-state index >= 15 is 0 Å². The van der Waals surface area contributed by atoms with E-state index < -0.39 is 14.4 Å². The number of aliphatic hydroxyl groups excluding tert-OH is 1. The Bertz CT molecular complexity index is 435. The molecule has 1 aromatic carbocycles. The molecule has 3 nitrogen and oxygen atoms in total. The standard InChI is InChI=1S/C16H26O3Si/c1-16(2,3)20(4,5)19-12-14(17)11-15(18)13-9-7-6-8-10-13/h6-10,15,18H,11-12H2,1-5H3/t15-/m0/s1. The van der Waals surface area contributed by atoms with Gasteiger partial charge in [0.1, 0.15) is 0 Å². The van der Waals surface area contributed by atoms with E-state index in [-0.39, 0.29) is 23.8 Å². The normalized spacial score (nSPS) is 14.1. The molecule has 0 aliphatic rings. The number of hydrogen-bond donors (Lipinski definition) is 1. The number of carbonyl (C=O) groups excluding carboxylic acids is 1. The summed E-state index contributed by atoms with van der Waals surface area (Å²) in [5.74, 6) is -0.0498. The molecule has 0 radical (unpaired) electrons. The second-order valence-electron chi connectivity index (χ2n) is 6.72. The first-order valence-electron chi connectivity index (χ1n) is 7.02. The minimum atomic E-state index is -1.90. The lowest BCUT2D eigenvalue weighted by molar-refractivity contribution is -0.123. The lowest BCUT2D eigenvalue weighted by atomic mass is 10.1. The van der Waals surface area contributed by atoms with E-state index in [2.05, 4.69) is 33.9 Å². The average molecular weight is 294 g/mol. The van der Waals surface area contributed by atoms with Gasteiger partial charge in [-0.05, 0) is 23.7 Å². The summed E-state index contributed by atoms with van der Waals surface area (Å²) in [6, 6.07) is 9.25. The van der Waals surface area contributed by atoms with Gasteiger partial charge in [0.25, 0.3) is 0 Å². The van der Waals surface area contributed by atoms with E-state index in [4.69, 9.17) is 4.43 Å². The van der Waals surface area contributed by atoms with Crippen LogP contribution in [-0.2, 0) is 9.22 Å². The Morgan fingerprint density at radius 1 is 1.25 bits per heavy atom. The molecule has 0 fully saturated rings. The highest BCUT2D eigenvalue weighted by Gasteiger charge is 2.37. The predicted octanol–water partition coefficient (Wildman–Crippen LogP) is 3.70. The fraction of sp³-hybridized carbons (Fsp3) is 0.562. The van der Waals surface area contributed by atoms with Crippen molar-refractivity contribution in [3.63, 3.8) is 0 Å². The smallest absolute Gasteiger partial charge is 0.192 e. The summed E-state index contributed by atoms with van der Waals surface area (Å²) in [7, 11) is -1.90. The number of ketones is 1. The third-order valence-corrected chi connectivity index (χ3v) is 8.48. The zero-order chi connectivity index (χ0) is 15.4. The third kappa shape index (κ3) is 4.85. The lowest BCUT2D eigenvalue weighted by Crippen LogP contribution is -2.42. The van der Waals surface area contributed by atoms with Gasteiger partial charge in [-0.2, -0.15) is 0 Å². The maximum Gasteiger partial charge on any atom is 0.192 e. The molecule has 20 heavy (non-hydrogen) atoms. The quantitative estimate of drug-likeness (QED) is 0.814. The van der Waals surface area contributed by atoms with Crippen molar-refractivity contribution in [2.75, 3.05) is 6.61 Å². The molecule has 0 saturated carbocycles. The summed E-state index contributed by atoms with van der Waals surface area (Å²) in [6.07, 6.45) is -0.634. The Labute approximate surface area is 123 Å². The molecule has 1 aromatic rings. The molecular formula is C16H26O3Si. The van der Waals surface area contributed by atoms with Crippen LogP contribution in [0.15, 0.2) is 30.3 Å². The van der Waals surface area contributed by atoms with Gasteiger partial charge in [0.05, 0.1) is 12.7 Å². The number of carbonyl (C=O) groups is 1. The van der Waals surface area contributed by atoms with Crippen LogP contribution in [0, 0.1) is 0 Å². The van der Waals surface area contributed by atoms with E-state index in [0.717, 1.165) is 5.56 Å². The first-order chi connectivity index (χ1) is 9.13. The van der Waals surface area contributed by atoms with Crippen molar-refractivity contribution in [1.29, 1.82) is 0 Å². The minimum Gasteiger partial charge on any atom is -0.410 e. The van der Waals surface area contributed by atoms with Gasteiger partial charge in [-0.15, -0.1) is 0 Å². The average Bonchev–Trinajstić information content (AvgIpc) is 2.36. The molecule has 0 amide bonds. The van der Waals surface area contributed by atoms with Crippen molar-refractivity contribution < 1.29 is 14.3 Å². The summed E-state index contributed by atoms with van der Waals surface area (Å²) in [4.78, 5) is 11.9. The monoisotopic (exact) mass is 294 g/mol. The molecule has 0 spiro atoms. The topological polar surface area (TPSA) is 46.5 Å². The Morgan fingerprint density at radius 2 is 1.80 bits per heavy atom. The van der Waals surface area contributed by atoms with Crippen molar-refractivity contribution in [1.82, 2.24) is 0 Å². The zero-order valence-corrected chi connectivity index (χ0v) is 14.1. The zero-order valence-electron chi connectivity index (χ0n) is 13.1. The van der Waals surface area contributed by atoms with Crippen molar-refractivity contribution >= 4 is 14.1 Å². The number of rotatable bonds is 6. The summed E-state index contributed by atoms with van der Waals surface area (Å²) in [6.45, 7) is 10.8. The Kier molecular flexibility index (Phi) is 5.68. The SMILES string of the molecule is CC(C)(C)[Si](C)(C)OCC(=O)C[C@H](O)c1ccccc1. The van der Waals surface area contributed by atoms with Crippen LogP contribution in [0.2, 0.25) is 18.1 Å². The van der Waals surface area contributed by atoms with Crippen LogP contribution in [0.1, 0.15) is 38.9 Å². The highest BCUT2D eigenvalue weighted by Crippen LogP contribution is 2.36. The second kappa shape index (κ2) is 6.65. The van der Waals surface area contributed by atoms with Crippen LogP contribution in [0.5, 0.6) is 0 Å². The van der Waals surface area contributed by atoms with E-state index in [9.17, 15) is 9.90 Å². The Hall–Kier alpha value is -0.973. The summed E-state index contributed by atoms with van der Waals surface area (Å²) < 4.78 is 5.87. The summed E-state index contributed by atoms with van der Waals surface area (Å²) in [5, 5.41) is 10.1. The van der Waals surface area contributed by atoms with Crippen molar-refractivity contribution in [3.8, 4) is 0 Å². The molecule has 1 atom stereocenters. The minimum absolute atomic E-state index is 0.0498. The van der Waals surface area contributed by atoms with E-state index in [1.807, 2.05) is 30.3 Å². The molecule has 0 bridgehead atoms. The lowest BCUT2D eigenvalue weighted by Gasteiger charge is -2.35. The first-order valence-corrected chi connectivity index (χ1v) is 9.93. The Balaban J connectivity index is 2.49. The van der Waals surface area contributed by atoms with Crippen LogP contribution in [-0.4, -0.2) is 25.8 Å². The fourth-order valence-electron chi connectivity index (χ4n) is 1.55. The van der Waals surface area contributed by atoms with Gasteiger partial charge in [-0.3, -0.25) is 4.79 Å². The molecule has 1 rings (SSSR count). The van der Waals surface area contributed by atoms with Crippen LogP contribution < -0.4 is 0 Å². The van der Waals surface area contributed by atoms with Crippen LogP contribution in [0.3, 0.4) is 0 Å². The van der Waals surface area contributed by atoms with Crippen LogP contribution in [0.4, 0.5) is 0 Å². The molecule has 0 aromatic heterocycles. The molecule has 4 heteroatoms. The highest BCUT2D eigenvalue weighted by molar-refractivity contribution is 6.74.